The average molecular weight is 300 g/mol. The van der Waals surface area contributed by atoms with Gasteiger partial charge in [0.15, 0.2) is 0 Å². The Hall–Kier alpha value is -1.84. The monoisotopic (exact) mass is 300 g/mol. The molecule has 1 aromatic carbocycles. The van der Waals surface area contributed by atoms with Crippen molar-refractivity contribution in [2.45, 2.75) is 39.2 Å². The van der Waals surface area contributed by atoms with Crippen molar-refractivity contribution in [1.82, 2.24) is 5.32 Å². The first kappa shape index (κ1) is 15.1. The summed E-state index contributed by atoms with van der Waals surface area (Å²) in [6.45, 7) is 3.95. The van der Waals surface area contributed by atoms with Crippen molar-refractivity contribution in [2.24, 2.45) is 23.7 Å². The molecule has 4 heteroatoms. The van der Waals surface area contributed by atoms with Crippen LogP contribution >= 0.6 is 0 Å². The SMILES string of the molecule is Cc1ccc([C@H](C)NC(=O)[C@H]2[C@@H]3CC[C@@H](C3)[C@@H]2C(=O)[O-])cc1. The summed E-state index contributed by atoms with van der Waals surface area (Å²) in [6, 6.07) is 7.91. The van der Waals surface area contributed by atoms with E-state index in [1.807, 2.05) is 38.1 Å². The number of aryl methyl sites for hydroxylation is 1. The highest BCUT2D eigenvalue weighted by Gasteiger charge is 2.51. The molecule has 0 heterocycles. The van der Waals surface area contributed by atoms with E-state index in [9.17, 15) is 14.7 Å². The number of carbonyl (C=O) groups excluding carboxylic acids is 2. The smallest absolute Gasteiger partial charge is 0.224 e. The van der Waals surface area contributed by atoms with E-state index in [-0.39, 0.29) is 23.8 Å². The van der Waals surface area contributed by atoms with Crippen molar-refractivity contribution < 1.29 is 14.7 Å². The van der Waals surface area contributed by atoms with Crippen molar-refractivity contribution in [3.05, 3.63) is 35.4 Å². The Morgan fingerprint density at radius 3 is 2.32 bits per heavy atom. The van der Waals surface area contributed by atoms with E-state index in [1.54, 1.807) is 0 Å². The molecule has 0 unspecified atom stereocenters. The van der Waals surface area contributed by atoms with E-state index in [0.717, 1.165) is 24.8 Å². The second-order valence-electron chi connectivity index (χ2n) is 6.84. The summed E-state index contributed by atoms with van der Waals surface area (Å²) in [5, 5.41) is 14.4. The van der Waals surface area contributed by atoms with Crippen LogP contribution in [0.2, 0.25) is 0 Å². The predicted molar refractivity (Wildman–Crippen MR) is 80.6 cm³/mol. The largest absolute Gasteiger partial charge is 0.550 e. The summed E-state index contributed by atoms with van der Waals surface area (Å²) >= 11 is 0. The highest BCUT2D eigenvalue weighted by atomic mass is 16.4. The first-order valence-corrected chi connectivity index (χ1v) is 8.05. The fraction of sp³-hybridized carbons (Fsp3) is 0.556. The molecular weight excluding hydrogens is 278 g/mol. The van der Waals surface area contributed by atoms with Gasteiger partial charge in [0, 0.05) is 17.8 Å². The summed E-state index contributed by atoms with van der Waals surface area (Å²) < 4.78 is 0. The number of carboxylic acid groups (broad SMARTS) is 1. The van der Waals surface area contributed by atoms with Gasteiger partial charge in [-0.3, -0.25) is 4.79 Å². The zero-order valence-corrected chi connectivity index (χ0v) is 13.0. The van der Waals surface area contributed by atoms with Crippen LogP contribution in [0.5, 0.6) is 0 Å². The highest BCUT2D eigenvalue weighted by Crippen LogP contribution is 2.52. The molecule has 1 aromatic rings. The van der Waals surface area contributed by atoms with Gasteiger partial charge >= 0.3 is 0 Å². The molecule has 2 aliphatic rings. The maximum Gasteiger partial charge on any atom is 0.224 e. The van der Waals surface area contributed by atoms with Gasteiger partial charge in [-0.1, -0.05) is 29.8 Å². The molecule has 2 bridgehead atoms. The number of nitrogens with one attached hydrogen (secondary N) is 1. The van der Waals surface area contributed by atoms with Crippen LogP contribution in [0.1, 0.15) is 43.4 Å². The third-order valence-corrected chi connectivity index (χ3v) is 5.43. The molecule has 2 fully saturated rings. The van der Waals surface area contributed by atoms with Crippen molar-refractivity contribution in [3.63, 3.8) is 0 Å². The molecule has 2 saturated carbocycles. The lowest BCUT2D eigenvalue weighted by Crippen LogP contribution is -2.46. The normalized spacial score (nSPS) is 31.0. The summed E-state index contributed by atoms with van der Waals surface area (Å²) in [7, 11) is 0. The summed E-state index contributed by atoms with van der Waals surface area (Å²) in [4.78, 5) is 24.0. The van der Waals surface area contributed by atoms with Crippen LogP contribution in [0.25, 0.3) is 0 Å². The molecule has 0 radical (unpaired) electrons. The van der Waals surface area contributed by atoms with Crippen molar-refractivity contribution in [2.75, 3.05) is 0 Å². The zero-order chi connectivity index (χ0) is 15.9. The van der Waals surface area contributed by atoms with Gasteiger partial charge in [-0.15, -0.1) is 0 Å². The molecule has 2 aliphatic carbocycles. The van der Waals surface area contributed by atoms with Crippen molar-refractivity contribution >= 4 is 11.9 Å². The van der Waals surface area contributed by atoms with Crippen LogP contribution in [-0.4, -0.2) is 11.9 Å². The van der Waals surface area contributed by atoms with E-state index >= 15 is 0 Å². The van der Waals surface area contributed by atoms with Crippen LogP contribution in [0.15, 0.2) is 24.3 Å². The summed E-state index contributed by atoms with van der Waals surface area (Å²) in [5.74, 6) is -1.89. The lowest BCUT2D eigenvalue weighted by atomic mass is 9.78. The Balaban J connectivity index is 1.71. The number of hydrogen-bond donors (Lipinski definition) is 1. The number of rotatable bonds is 4. The fourth-order valence-corrected chi connectivity index (χ4v) is 4.26. The summed E-state index contributed by atoms with van der Waals surface area (Å²) in [6.07, 6.45) is 2.74. The van der Waals surface area contributed by atoms with Crippen LogP contribution in [0, 0.1) is 30.6 Å². The number of hydrogen-bond acceptors (Lipinski definition) is 3. The van der Waals surface area contributed by atoms with Crippen LogP contribution in [0.4, 0.5) is 0 Å². The Labute approximate surface area is 130 Å². The molecule has 1 N–H and O–H groups in total. The standard InChI is InChI=1S/C18H23NO3/c1-10-3-5-12(6-4-10)11(2)19-17(20)15-13-7-8-14(9-13)16(15)18(21)22/h3-6,11,13-16H,7-9H2,1-2H3,(H,19,20)(H,21,22)/p-1/t11-,13+,14-,15-,16-/m0/s1. The predicted octanol–water partition coefficient (Wildman–Crippen LogP) is 1.58. The molecule has 4 nitrogen and oxygen atoms in total. The Kier molecular flexibility index (Phi) is 3.94. The maximum absolute atomic E-state index is 12.6. The van der Waals surface area contributed by atoms with Gasteiger partial charge in [0.1, 0.15) is 0 Å². The number of carboxylic acids is 1. The molecular formula is C18H22NO3-. The van der Waals surface area contributed by atoms with Crippen LogP contribution < -0.4 is 10.4 Å². The van der Waals surface area contributed by atoms with E-state index in [0.29, 0.717) is 0 Å². The first-order chi connectivity index (χ1) is 10.5. The lowest BCUT2D eigenvalue weighted by Gasteiger charge is -2.31. The minimum atomic E-state index is -1.06. The molecule has 1 amide bonds. The van der Waals surface area contributed by atoms with Gasteiger partial charge in [-0.25, -0.2) is 0 Å². The Bertz CT molecular complexity index is 580. The number of carbonyl (C=O) groups is 2. The van der Waals surface area contributed by atoms with E-state index in [2.05, 4.69) is 5.32 Å². The quantitative estimate of drug-likeness (QED) is 0.918. The molecule has 0 saturated heterocycles. The van der Waals surface area contributed by atoms with Gasteiger partial charge in [0.25, 0.3) is 0 Å². The minimum Gasteiger partial charge on any atom is -0.550 e. The highest BCUT2D eigenvalue weighted by molar-refractivity contribution is 5.85. The molecule has 5 atom stereocenters. The number of benzene rings is 1. The maximum atomic E-state index is 12.6. The van der Waals surface area contributed by atoms with E-state index in [1.165, 1.54) is 5.56 Å². The molecule has 22 heavy (non-hydrogen) atoms. The fourth-order valence-electron chi connectivity index (χ4n) is 4.26. The number of aliphatic carboxylic acids is 1. The molecule has 3 rings (SSSR count). The van der Waals surface area contributed by atoms with E-state index < -0.39 is 17.8 Å². The third kappa shape index (κ3) is 2.62. The Morgan fingerprint density at radius 1 is 1.14 bits per heavy atom. The average Bonchev–Trinajstić information content (AvgIpc) is 3.08. The van der Waals surface area contributed by atoms with Gasteiger partial charge in [-0.2, -0.15) is 0 Å². The van der Waals surface area contributed by atoms with E-state index in [4.69, 9.17) is 0 Å². The number of amides is 1. The van der Waals surface area contributed by atoms with Crippen LogP contribution in [-0.2, 0) is 9.59 Å². The molecule has 0 aliphatic heterocycles. The van der Waals surface area contributed by atoms with Gasteiger partial charge < -0.3 is 15.2 Å². The third-order valence-electron chi connectivity index (χ3n) is 5.43. The van der Waals surface area contributed by atoms with Crippen molar-refractivity contribution in [1.29, 1.82) is 0 Å². The zero-order valence-electron chi connectivity index (χ0n) is 13.0. The summed E-state index contributed by atoms with van der Waals surface area (Å²) in [5.41, 5.74) is 2.21. The second-order valence-corrected chi connectivity index (χ2v) is 6.84. The van der Waals surface area contributed by atoms with Gasteiger partial charge in [0.05, 0.1) is 6.04 Å². The van der Waals surface area contributed by atoms with Gasteiger partial charge in [-0.05, 0) is 50.5 Å². The van der Waals surface area contributed by atoms with Gasteiger partial charge in [0.2, 0.25) is 5.91 Å². The van der Waals surface area contributed by atoms with Crippen molar-refractivity contribution in [3.8, 4) is 0 Å². The first-order valence-electron chi connectivity index (χ1n) is 8.05. The topological polar surface area (TPSA) is 69.2 Å². The Morgan fingerprint density at radius 2 is 1.73 bits per heavy atom. The lowest BCUT2D eigenvalue weighted by molar-refractivity contribution is -0.314. The minimum absolute atomic E-state index is 0.116. The molecule has 0 spiro atoms. The second kappa shape index (κ2) is 5.75. The molecule has 118 valence electrons. The molecule has 0 aromatic heterocycles. The van der Waals surface area contributed by atoms with Crippen LogP contribution in [0.3, 0.4) is 0 Å². The number of fused-ring (bicyclic) bond motifs is 2.